The fourth-order valence-electron chi connectivity index (χ4n) is 2.07. The van der Waals surface area contributed by atoms with E-state index in [1.165, 1.54) is 11.1 Å². The summed E-state index contributed by atoms with van der Waals surface area (Å²) in [6.07, 6.45) is 0. The molecule has 5 heteroatoms. The lowest BCUT2D eigenvalue weighted by atomic mass is 10.0. The number of benzene rings is 1. The average Bonchev–Trinajstić information content (AvgIpc) is 2.39. The van der Waals surface area contributed by atoms with Crippen molar-refractivity contribution in [2.45, 2.75) is 27.4 Å². The first-order chi connectivity index (χ1) is 9.43. The Bertz CT molecular complexity index is 656. The van der Waals surface area contributed by atoms with Gasteiger partial charge in [-0.25, -0.2) is 9.97 Å². The van der Waals surface area contributed by atoms with Crippen LogP contribution in [0.4, 0.5) is 5.82 Å². The summed E-state index contributed by atoms with van der Waals surface area (Å²) in [4.78, 5) is 9.02. The number of hydrogen-bond acceptors (Lipinski definition) is 4. The molecule has 1 aromatic heterocycles. The summed E-state index contributed by atoms with van der Waals surface area (Å²) >= 11 is 2.15. The van der Waals surface area contributed by atoms with Crippen molar-refractivity contribution in [1.82, 2.24) is 9.97 Å². The molecule has 2 rings (SSSR count). The van der Waals surface area contributed by atoms with Crippen LogP contribution in [0.1, 0.15) is 22.4 Å². The Morgan fingerprint density at radius 2 is 1.75 bits per heavy atom. The molecule has 4 nitrogen and oxygen atoms in total. The van der Waals surface area contributed by atoms with Crippen LogP contribution in [0.3, 0.4) is 0 Å². The van der Waals surface area contributed by atoms with E-state index < -0.39 is 0 Å². The molecule has 0 spiro atoms. The van der Waals surface area contributed by atoms with E-state index in [9.17, 15) is 0 Å². The van der Waals surface area contributed by atoms with Gasteiger partial charge in [-0.3, -0.25) is 0 Å². The Hall–Kier alpha value is -1.21. The molecule has 2 aromatic rings. The first-order valence-electron chi connectivity index (χ1n) is 6.33. The molecule has 0 fully saturated rings. The van der Waals surface area contributed by atoms with Crippen LogP contribution in [-0.4, -0.2) is 17.1 Å². The number of nitrogen functional groups attached to an aromatic ring is 1. The van der Waals surface area contributed by atoms with Crippen LogP contribution in [-0.2, 0) is 11.3 Å². The summed E-state index contributed by atoms with van der Waals surface area (Å²) in [7, 11) is 1.65. The van der Waals surface area contributed by atoms with Gasteiger partial charge in [0.15, 0.2) is 5.82 Å². The van der Waals surface area contributed by atoms with Crippen molar-refractivity contribution < 1.29 is 4.74 Å². The van der Waals surface area contributed by atoms with Gasteiger partial charge < -0.3 is 10.5 Å². The molecule has 1 aromatic carbocycles. The summed E-state index contributed by atoms with van der Waals surface area (Å²) < 4.78 is 6.03. The number of halogens is 1. The van der Waals surface area contributed by atoms with Crippen molar-refractivity contribution in [3.05, 3.63) is 38.1 Å². The molecule has 106 valence electrons. The first kappa shape index (κ1) is 15.2. The fraction of sp³-hybridized carbons (Fsp3) is 0.333. The second-order valence-electron chi connectivity index (χ2n) is 4.88. The van der Waals surface area contributed by atoms with E-state index in [0.717, 1.165) is 20.4 Å². The van der Waals surface area contributed by atoms with Crippen LogP contribution in [0.2, 0.25) is 0 Å². The van der Waals surface area contributed by atoms with Crippen molar-refractivity contribution in [3.8, 4) is 11.4 Å². The lowest BCUT2D eigenvalue weighted by Gasteiger charge is -2.12. The number of rotatable bonds is 3. The number of nitrogens with two attached hydrogens (primary N) is 1. The zero-order valence-electron chi connectivity index (χ0n) is 12.1. The van der Waals surface area contributed by atoms with Gasteiger partial charge in [-0.1, -0.05) is 6.07 Å². The number of nitrogens with zero attached hydrogens (tertiary/aromatic N) is 2. The first-order valence-corrected chi connectivity index (χ1v) is 7.41. The minimum Gasteiger partial charge on any atom is -0.383 e. The van der Waals surface area contributed by atoms with Crippen LogP contribution < -0.4 is 5.73 Å². The second-order valence-corrected chi connectivity index (χ2v) is 5.96. The van der Waals surface area contributed by atoms with Crippen LogP contribution in [0.15, 0.2) is 12.1 Å². The normalized spacial score (nSPS) is 10.8. The predicted molar refractivity (Wildman–Crippen MR) is 89.5 cm³/mol. The predicted octanol–water partition coefficient (Wildman–Crippen LogP) is 3.40. The molecule has 0 aliphatic rings. The van der Waals surface area contributed by atoms with Gasteiger partial charge in [-0.05, 0) is 66.1 Å². The van der Waals surface area contributed by atoms with Gasteiger partial charge in [0.1, 0.15) is 5.82 Å². The second kappa shape index (κ2) is 6.05. The van der Waals surface area contributed by atoms with Crippen molar-refractivity contribution in [3.63, 3.8) is 0 Å². The maximum atomic E-state index is 5.99. The van der Waals surface area contributed by atoms with E-state index in [2.05, 4.69) is 65.5 Å². The minimum absolute atomic E-state index is 0.432. The number of methoxy groups -OCH3 is 1. The van der Waals surface area contributed by atoms with Crippen molar-refractivity contribution in [2.75, 3.05) is 12.8 Å². The largest absolute Gasteiger partial charge is 0.383 e. The molecule has 0 aliphatic heterocycles. The standard InChI is InChI=1S/C15H18IN3O/c1-8-5-10(3)11(6-9(8)2)15-18-12(7-20-4)13(16)14(17)19-15/h5-6H,7H2,1-4H3,(H2,17,18,19). The molecule has 0 radical (unpaired) electrons. The van der Waals surface area contributed by atoms with Gasteiger partial charge in [0, 0.05) is 12.7 Å². The number of aromatic nitrogens is 2. The van der Waals surface area contributed by atoms with Crippen LogP contribution >= 0.6 is 22.6 Å². The van der Waals surface area contributed by atoms with E-state index in [0.29, 0.717) is 18.2 Å². The monoisotopic (exact) mass is 383 g/mol. The van der Waals surface area contributed by atoms with E-state index in [4.69, 9.17) is 10.5 Å². The van der Waals surface area contributed by atoms with Crippen LogP contribution in [0.5, 0.6) is 0 Å². The summed E-state index contributed by atoms with van der Waals surface area (Å²) in [6.45, 7) is 6.69. The Balaban J connectivity index is 2.61. The lowest BCUT2D eigenvalue weighted by Crippen LogP contribution is -2.06. The average molecular weight is 383 g/mol. The molecule has 20 heavy (non-hydrogen) atoms. The molecule has 2 N–H and O–H groups in total. The number of anilines is 1. The Morgan fingerprint density at radius 1 is 1.10 bits per heavy atom. The Labute approximate surface area is 132 Å². The zero-order valence-corrected chi connectivity index (χ0v) is 14.3. The molecule has 0 amide bonds. The molecule has 0 atom stereocenters. The van der Waals surface area contributed by atoms with Crippen molar-refractivity contribution in [2.24, 2.45) is 0 Å². The third kappa shape index (κ3) is 2.93. The lowest BCUT2D eigenvalue weighted by molar-refractivity contribution is 0.181. The third-order valence-electron chi connectivity index (χ3n) is 3.31. The van der Waals surface area contributed by atoms with Gasteiger partial charge in [-0.2, -0.15) is 0 Å². The SMILES string of the molecule is COCc1nc(-c2cc(C)c(C)cc2C)nc(N)c1I. The molecule has 0 unspecified atom stereocenters. The van der Waals surface area contributed by atoms with Crippen LogP contribution in [0, 0.1) is 24.3 Å². The highest BCUT2D eigenvalue weighted by molar-refractivity contribution is 14.1. The quantitative estimate of drug-likeness (QED) is 0.826. The van der Waals surface area contributed by atoms with E-state index in [1.807, 2.05) is 0 Å². The fourth-order valence-corrected chi connectivity index (χ4v) is 2.46. The summed E-state index contributed by atoms with van der Waals surface area (Å²) in [5, 5.41) is 0. The molecule has 0 saturated heterocycles. The third-order valence-corrected chi connectivity index (χ3v) is 4.48. The van der Waals surface area contributed by atoms with Gasteiger partial charge in [0.2, 0.25) is 0 Å². The maximum Gasteiger partial charge on any atom is 0.162 e. The van der Waals surface area contributed by atoms with E-state index in [1.54, 1.807) is 7.11 Å². The highest BCUT2D eigenvalue weighted by atomic mass is 127. The molecule has 0 saturated carbocycles. The highest BCUT2D eigenvalue weighted by Gasteiger charge is 2.13. The maximum absolute atomic E-state index is 5.99. The topological polar surface area (TPSA) is 61.0 Å². The minimum atomic E-state index is 0.432. The van der Waals surface area contributed by atoms with Gasteiger partial charge in [-0.15, -0.1) is 0 Å². The summed E-state index contributed by atoms with van der Waals surface area (Å²) in [6, 6.07) is 4.26. The molecule has 0 bridgehead atoms. The molecule has 1 heterocycles. The number of ether oxygens (including phenoxy) is 1. The van der Waals surface area contributed by atoms with Gasteiger partial charge in [0.05, 0.1) is 15.9 Å². The number of aryl methyl sites for hydroxylation is 3. The molecule has 0 aliphatic carbocycles. The van der Waals surface area contributed by atoms with Gasteiger partial charge in [0.25, 0.3) is 0 Å². The van der Waals surface area contributed by atoms with E-state index >= 15 is 0 Å². The smallest absolute Gasteiger partial charge is 0.162 e. The molecular weight excluding hydrogens is 365 g/mol. The Kier molecular flexibility index (Phi) is 4.59. The Morgan fingerprint density at radius 3 is 2.40 bits per heavy atom. The summed E-state index contributed by atoms with van der Waals surface area (Å²) in [5.74, 6) is 1.16. The van der Waals surface area contributed by atoms with E-state index in [-0.39, 0.29) is 0 Å². The summed E-state index contributed by atoms with van der Waals surface area (Å²) in [5.41, 5.74) is 11.5. The van der Waals surface area contributed by atoms with Gasteiger partial charge >= 0.3 is 0 Å². The van der Waals surface area contributed by atoms with Crippen molar-refractivity contribution >= 4 is 28.4 Å². The van der Waals surface area contributed by atoms with Crippen LogP contribution in [0.25, 0.3) is 11.4 Å². The van der Waals surface area contributed by atoms with Crippen molar-refractivity contribution in [1.29, 1.82) is 0 Å². The zero-order chi connectivity index (χ0) is 14.9. The molecular formula is C15H18IN3O. The number of hydrogen-bond donors (Lipinski definition) is 1. The highest BCUT2D eigenvalue weighted by Crippen LogP contribution is 2.27.